The third-order valence-corrected chi connectivity index (χ3v) is 2.91. The second kappa shape index (κ2) is 10.6. The molecule has 0 bridgehead atoms. The first-order valence-electron chi connectivity index (χ1n) is 6.95. The van der Waals surface area contributed by atoms with Gasteiger partial charge < -0.3 is 10.1 Å². The Kier molecular flexibility index (Phi) is 10.3. The molecule has 0 aliphatic carbocycles. The first-order valence-corrected chi connectivity index (χ1v) is 6.95. The predicted molar refractivity (Wildman–Crippen MR) is 75.0 cm³/mol. The van der Waals surface area contributed by atoms with E-state index in [2.05, 4.69) is 38.9 Å². The number of terminal acetylenes is 1. The summed E-state index contributed by atoms with van der Waals surface area (Å²) in [6.45, 7) is 10.5. The minimum absolute atomic E-state index is 0.296. The van der Waals surface area contributed by atoms with Crippen LogP contribution in [0.3, 0.4) is 0 Å². The zero-order chi connectivity index (χ0) is 13.1. The molecule has 0 radical (unpaired) electrons. The third-order valence-electron chi connectivity index (χ3n) is 2.91. The lowest BCUT2D eigenvalue weighted by Crippen LogP contribution is -2.44. The number of rotatable bonds is 10. The molecule has 0 aliphatic heterocycles. The molecule has 2 atom stereocenters. The number of hydrogen-bond acceptors (Lipinski definition) is 2. The fourth-order valence-corrected chi connectivity index (χ4v) is 2.10. The molecular formula is C15H29NO. The Morgan fingerprint density at radius 1 is 1.29 bits per heavy atom. The molecule has 0 saturated heterocycles. The summed E-state index contributed by atoms with van der Waals surface area (Å²) in [4.78, 5) is 0. The Morgan fingerprint density at radius 3 is 2.47 bits per heavy atom. The van der Waals surface area contributed by atoms with E-state index in [-0.39, 0.29) is 0 Å². The molecule has 17 heavy (non-hydrogen) atoms. The summed E-state index contributed by atoms with van der Waals surface area (Å²) < 4.78 is 5.88. The SMILES string of the molecule is C#CCCCC(NCCC)C(OCC)C(C)C. The van der Waals surface area contributed by atoms with Gasteiger partial charge in [-0.2, -0.15) is 0 Å². The van der Waals surface area contributed by atoms with Crippen molar-refractivity contribution in [2.75, 3.05) is 13.2 Å². The predicted octanol–water partition coefficient (Wildman–Crippen LogP) is 3.22. The van der Waals surface area contributed by atoms with Gasteiger partial charge in [0.1, 0.15) is 0 Å². The van der Waals surface area contributed by atoms with Crippen LogP contribution in [0, 0.1) is 18.3 Å². The molecule has 0 spiro atoms. The Labute approximate surface area is 108 Å². The molecule has 0 aromatic heterocycles. The molecule has 0 heterocycles. The second-order valence-electron chi connectivity index (χ2n) is 4.82. The largest absolute Gasteiger partial charge is 0.377 e. The van der Waals surface area contributed by atoms with Gasteiger partial charge in [-0.3, -0.25) is 0 Å². The topological polar surface area (TPSA) is 21.3 Å². The molecule has 0 saturated carbocycles. The molecule has 0 fully saturated rings. The molecule has 2 unspecified atom stereocenters. The standard InChI is InChI=1S/C15H29NO/c1-6-9-10-11-14(16-12-7-2)15(13(4)5)17-8-3/h1,13-16H,7-12H2,2-5H3. The Hall–Kier alpha value is -0.520. The summed E-state index contributed by atoms with van der Waals surface area (Å²) in [6.07, 6.45) is 9.80. The molecule has 0 amide bonds. The summed E-state index contributed by atoms with van der Waals surface area (Å²) in [7, 11) is 0. The van der Waals surface area contributed by atoms with Crippen molar-refractivity contribution in [3.63, 3.8) is 0 Å². The van der Waals surface area contributed by atoms with Gasteiger partial charge in [0.05, 0.1) is 6.10 Å². The molecule has 0 rings (SSSR count). The Balaban J connectivity index is 4.32. The fraction of sp³-hybridized carbons (Fsp3) is 0.867. The highest BCUT2D eigenvalue weighted by Crippen LogP contribution is 2.16. The van der Waals surface area contributed by atoms with E-state index in [1.807, 2.05) is 0 Å². The van der Waals surface area contributed by atoms with E-state index in [0.717, 1.165) is 38.8 Å². The highest BCUT2D eigenvalue weighted by atomic mass is 16.5. The summed E-state index contributed by atoms with van der Waals surface area (Å²) >= 11 is 0. The zero-order valence-corrected chi connectivity index (χ0v) is 12.0. The number of unbranched alkanes of at least 4 members (excludes halogenated alkanes) is 1. The van der Waals surface area contributed by atoms with Crippen LogP contribution in [0.2, 0.25) is 0 Å². The highest BCUT2D eigenvalue weighted by molar-refractivity contribution is 4.86. The monoisotopic (exact) mass is 239 g/mol. The molecule has 2 heteroatoms. The number of nitrogens with one attached hydrogen (secondary N) is 1. The van der Waals surface area contributed by atoms with Crippen LogP contribution in [-0.2, 0) is 4.74 Å². The number of hydrogen-bond donors (Lipinski definition) is 1. The smallest absolute Gasteiger partial charge is 0.0750 e. The Bertz CT molecular complexity index is 207. The van der Waals surface area contributed by atoms with Crippen molar-refractivity contribution >= 4 is 0 Å². The van der Waals surface area contributed by atoms with Crippen molar-refractivity contribution in [3.05, 3.63) is 0 Å². The average molecular weight is 239 g/mol. The van der Waals surface area contributed by atoms with Crippen molar-refractivity contribution in [1.29, 1.82) is 0 Å². The van der Waals surface area contributed by atoms with Crippen LogP contribution < -0.4 is 5.32 Å². The lowest BCUT2D eigenvalue weighted by atomic mass is 9.95. The first-order chi connectivity index (χ1) is 8.17. The van der Waals surface area contributed by atoms with Crippen molar-refractivity contribution in [3.8, 4) is 12.3 Å². The fourth-order valence-electron chi connectivity index (χ4n) is 2.10. The third kappa shape index (κ3) is 7.41. The van der Waals surface area contributed by atoms with Crippen LogP contribution in [0.4, 0.5) is 0 Å². The van der Waals surface area contributed by atoms with Crippen LogP contribution in [0.5, 0.6) is 0 Å². The van der Waals surface area contributed by atoms with Gasteiger partial charge >= 0.3 is 0 Å². The van der Waals surface area contributed by atoms with E-state index in [9.17, 15) is 0 Å². The van der Waals surface area contributed by atoms with Crippen molar-refractivity contribution in [1.82, 2.24) is 5.32 Å². The lowest BCUT2D eigenvalue weighted by Gasteiger charge is -2.31. The quantitative estimate of drug-likeness (QED) is 0.467. The van der Waals surface area contributed by atoms with E-state index >= 15 is 0 Å². The maximum absolute atomic E-state index is 5.88. The molecular weight excluding hydrogens is 210 g/mol. The molecule has 0 aromatic rings. The minimum Gasteiger partial charge on any atom is -0.377 e. The summed E-state index contributed by atoms with van der Waals surface area (Å²) in [5.41, 5.74) is 0. The highest BCUT2D eigenvalue weighted by Gasteiger charge is 2.23. The van der Waals surface area contributed by atoms with Gasteiger partial charge in [0.2, 0.25) is 0 Å². The van der Waals surface area contributed by atoms with Gasteiger partial charge in [-0.05, 0) is 38.6 Å². The van der Waals surface area contributed by atoms with Gasteiger partial charge in [0, 0.05) is 19.1 Å². The van der Waals surface area contributed by atoms with E-state index in [1.165, 1.54) is 0 Å². The maximum Gasteiger partial charge on any atom is 0.0750 e. The van der Waals surface area contributed by atoms with E-state index in [4.69, 9.17) is 11.2 Å². The number of ether oxygens (including phenoxy) is 1. The zero-order valence-electron chi connectivity index (χ0n) is 12.0. The molecule has 0 aromatic carbocycles. The molecule has 0 aliphatic rings. The Morgan fingerprint density at radius 2 is 2.00 bits per heavy atom. The second-order valence-corrected chi connectivity index (χ2v) is 4.82. The molecule has 2 nitrogen and oxygen atoms in total. The van der Waals surface area contributed by atoms with Crippen molar-refractivity contribution < 1.29 is 4.74 Å². The van der Waals surface area contributed by atoms with Gasteiger partial charge in [-0.15, -0.1) is 12.3 Å². The average Bonchev–Trinajstić information content (AvgIpc) is 2.31. The molecule has 1 N–H and O–H groups in total. The van der Waals surface area contributed by atoms with Crippen molar-refractivity contribution in [2.24, 2.45) is 5.92 Å². The summed E-state index contributed by atoms with van der Waals surface area (Å²) in [5, 5.41) is 3.60. The van der Waals surface area contributed by atoms with Crippen molar-refractivity contribution in [2.45, 2.75) is 65.5 Å². The van der Waals surface area contributed by atoms with Crippen LogP contribution in [0.15, 0.2) is 0 Å². The molecule has 100 valence electrons. The summed E-state index contributed by atoms with van der Waals surface area (Å²) in [6, 6.07) is 0.434. The van der Waals surface area contributed by atoms with E-state index in [1.54, 1.807) is 0 Å². The van der Waals surface area contributed by atoms with Crippen LogP contribution in [-0.4, -0.2) is 25.3 Å². The van der Waals surface area contributed by atoms with Gasteiger partial charge in [0.25, 0.3) is 0 Å². The van der Waals surface area contributed by atoms with Crippen LogP contribution >= 0.6 is 0 Å². The lowest BCUT2D eigenvalue weighted by molar-refractivity contribution is 0.00117. The minimum atomic E-state index is 0.296. The van der Waals surface area contributed by atoms with Crippen LogP contribution in [0.25, 0.3) is 0 Å². The normalized spacial score (nSPS) is 14.6. The van der Waals surface area contributed by atoms with Crippen LogP contribution in [0.1, 0.15) is 53.4 Å². The van der Waals surface area contributed by atoms with Gasteiger partial charge in [-0.1, -0.05) is 20.8 Å². The van der Waals surface area contributed by atoms with E-state index < -0.39 is 0 Å². The van der Waals surface area contributed by atoms with Gasteiger partial charge in [0.15, 0.2) is 0 Å². The maximum atomic E-state index is 5.88. The summed E-state index contributed by atoms with van der Waals surface area (Å²) in [5.74, 6) is 3.25. The first kappa shape index (κ1) is 16.5. The van der Waals surface area contributed by atoms with E-state index in [0.29, 0.717) is 18.1 Å². The van der Waals surface area contributed by atoms with Gasteiger partial charge in [-0.25, -0.2) is 0 Å².